The van der Waals surface area contributed by atoms with Crippen molar-refractivity contribution < 1.29 is 13.5 Å². The second-order valence-corrected chi connectivity index (χ2v) is 7.38. The number of nitrogens with one attached hydrogen (secondary N) is 1. The Labute approximate surface area is 168 Å². The average Bonchev–Trinajstić information content (AvgIpc) is 2.66. The molecule has 2 rings (SSSR count). The Bertz CT molecular complexity index is 692. The molecule has 1 atom stereocenters. The van der Waals surface area contributed by atoms with E-state index in [2.05, 4.69) is 44.3 Å². The van der Waals surface area contributed by atoms with Crippen molar-refractivity contribution in [3.05, 3.63) is 70.3 Å². The van der Waals surface area contributed by atoms with Crippen LogP contribution in [-0.2, 0) is 11.2 Å². The van der Waals surface area contributed by atoms with E-state index in [9.17, 15) is 8.78 Å². The second kappa shape index (κ2) is 11.9. The molecular formula is C24H33F2NO. The Balaban J connectivity index is 1.95. The lowest BCUT2D eigenvalue weighted by molar-refractivity contribution is 0.0501. The Morgan fingerprint density at radius 3 is 2.21 bits per heavy atom. The van der Waals surface area contributed by atoms with Gasteiger partial charge in [-0.1, -0.05) is 44.0 Å². The lowest BCUT2D eigenvalue weighted by Crippen LogP contribution is -2.26. The fourth-order valence-electron chi connectivity index (χ4n) is 3.56. The predicted molar refractivity (Wildman–Crippen MR) is 112 cm³/mol. The number of unbranched alkanes of at least 4 members (excludes halogenated alkanes) is 2. The lowest BCUT2D eigenvalue weighted by Gasteiger charge is -2.23. The molecule has 0 aliphatic rings. The number of aryl methyl sites for hydroxylation is 2. The summed E-state index contributed by atoms with van der Waals surface area (Å²) in [5, 5.41) is 3.51. The molecule has 0 heterocycles. The van der Waals surface area contributed by atoms with Gasteiger partial charge in [0.25, 0.3) is 0 Å². The molecule has 28 heavy (non-hydrogen) atoms. The molecule has 0 aliphatic heterocycles. The molecule has 0 spiro atoms. The van der Waals surface area contributed by atoms with Gasteiger partial charge in [0.2, 0.25) is 0 Å². The van der Waals surface area contributed by atoms with Gasteiger partial charge in [0, 0.05) is 18.7 Å². The minimum Gasteiger partial charge on any atom is -0.372 e. The highest BCUT2D eigenvalue weighted by molar-refractivity contribution is 5.35. The van der Waals surface area contributed by atoms with Gasteiger partial charge >= 0.3 is 0 Å². The fourth-order valence-corrected chi connectivity index (χ4v) is 3.56. The summed E-state index contributed by atoms with van der Waals surface area (Å²) in [6.07, 6.45) is 4.43. The van der Waals surface area contributed by atoms with E-state index in [1.165, 1.54) is 47.7 Å². The molecule has 0 fully saturated rings. The molecule has 2 nitrogen and oxygen atoms in total. The molecule has 2 aromatic carbocycles. The highest BCUT2D eigenvalue weighted by atomic mass is 19.1. The Hall–Kier alpha value is -1.78. The topological polar surface area (TPSA) is 21.3 Å². The van der Waals surface area contributed by atoms with E-state index >= 15 is 0 Å². The van der Waals surface area contributed by atoms with E-state index in [-0.39, 0.29) is 11.7 Å². The summed E-state index contributed by atoms with van der Waals surface area (Å²) in [4.78, 5) is 0. The third-order valence-electron chi connectivity index (χ3n) is 5.10. The lowest BCUT2D eigenvalue weighted by atomic mass is 9.97. The number of ether oxygens (including phenoxy) is 1. The monoisotopic (exact) mass is 389 g/mol. The van der Waals surface area contributed by atoms with Crippen LogP contribution in [0.3, 0.4) is 0 Å². The van der Waals surface area contributed by atoms with E-state index in [1.54, 1.807) is 0 Å². The highest BCUT2D eigenvalue weighted by Crippen LogP contribution is 2.25. The van der Waals surface area contributed by atoms with Crippen LogP contribution in [0, 0.1) is 25.5 Å². The molecule has 0 amide bonds. The van der Waals surface area contributed by atoms with Crippen LogP contribution in [0.5, 0.6) is 0 Å². The summed E-state index contributed by atoms with van der Waals surface area (Å²) in [5.41, 5.74) is 3.77. The van der Waals surface area contributed by atoms with Crippen molar-refractivity contribution in [2.24, 2.45) is 0 Å². The maximum absolute atomic E-state index is 13.8. The van der Waals surface area contributed by atoms with Gasteiger partial charge in [-0.3, -0.25) is 0 Å². The van der Waals surface area contributed by atoms with Crippen LogP contribution in [0.15, 0.2) is 36.4 Å². The van der Waals surface area contributed by atoms with Crippen molar-refractivity contribution in [2.75, 3.05) is 19.7 Å². The molecule has 0 saturated heterocycles. The third kappa shape index (κ3) is 6.68. The number of hydrogen-bond donors (Lipinski definition) is 1. The third-order valence-corrected chi connectivity index (χ3v) is 5.10. The molecule has 0 bridgehead atoms. The van der Waals surface area contributed by atoms with Gasteiger partial charge in [-0.05, 0) is 68.5 Å². The van der Waals surface area contributed by atoms with Crippen LogP contribution >= 0.6 is 0 Å². The van der Waals surface area contributed by atoms with E-state index in [1.807, 2.05) is 0 Å². The van der Waals surface area contributed by atoms with Gasteiger partial charge in [-0.2, -0.15) is 0 Å². The van der Waals surface area contributed by atoms with Crippen LogP contribution < -0.4 is 5.32 Å². The highest BCUT2D eigenvalue weighted by Gasteiger charge is 2.17. The summed E-state index contributed by atoms with van der Waals surface area (Å²) in [5.74, 6) is -0.965. The van der Waals surface area contributed by atoms with E-state index in [4.69, 9.17) is 4.74 Å². The van der Waals surface area contributed by atoms with Crippen LogP contribution in [0.1, 0.15) is 61.0 Å². The normalized spacial score (nSPS) is 12.3. The van der Waals surface area contributed by atoms with E-state index in [0.29, 0.717) is 19.4 Å². The zero-order chi connectivity index (χ0) is 20.4. The van der Waals surface area contributed by atoms with Gasteiger partial charge in [0.1, 0.15) is 11.6 Å². The number of hydrogen-bond acceptors (Lipinski definition) is 2. The summed E-state index contributed by atoms with van der Waals surface area (Å²) in [6.45, 7) is 8.57. The summed E-state index contributed by atoms with van der Waals surface area (Å²) < 4.78 is 33.8. The van der Waals surface area contributed by atoms with Crippen molar-refractivity contribution in [1.82, 2.24) is 5.32 Å². The SMILES string of the molecule is CCCCCNCC(OCCCc1c(F)cccc1F)c1c(C)cccc1C. The van der Waals surface area contributed by atoms with Crippen molar-refractivity contribution >= 4 is 0 Å². The summed E-state index contributed by atoms with van der Waals surface area (Å²) in [7, 11) is 0. The van der Waals surface area contributed by atoms with Gasteiger partial charge in [-0.25, -0.2) is 8.78 Å². The number of rotatable bonds is 12. The zero-order valence-electron chi connectivity index (χ0n) is 17.4. The number of benzene rings is 2. The second-order valence-electron chi connectivity index (χ2n) is 7.38. The molecular weight excluding hydrogens is 356 g/mol. The van der Waals surface area contributed by atoms with Gasteiger partial charge < -0.3 is 10.1 Å². The van der Waals surface area contributed by atoms with Gasteiger partial charge in [-0.15, -0.1) is 0 Å². The van der Waals surface area contributed by atoms with Crippen LogP contribution in [0.4, 0.5) is 8.78 Å². The Morgan fingerprint density at radius 2 is 1.57 bits per heavy atom. The summed E-state index contributed by atoms with van der Waals surface area (Å²) in [6, 6.07) is 10.3. The minimum atomic E-state index is -0.483. The Kier molecular flexibility index (Phi) is 9.59. The maximum atomic E-state index is 13.8. The zero-order valence-corrected chi connectivity index (χ0v) is 17.4. The molecule has 1 N–H and O–H groups in total. The smallest absolute Gasteiger partial charge is 0.129 e. The van der Waals surface area contributed by atoms with Crippen LogP contribution in [0.25, 0.3) is 0 Å². The molecule has 154 valence electrons. The molecule has 2 aromatic rings. The Morgan fingerprint density at radius 1 is 0.929 bits per heavy atom. The van der Waals surface area contributed by atoms with Crippen molar-refractivity contribution in [1.29, 1.82) is 0 Å². The molecule has 1 unspecified atom stereocenters. The molecule has 4 heteroatoms. The van der Waals surface area contributed by atoms with E-state index in [0.717, 1.165) is 19.5 Å². The van der Waals surface area contributed by atoms with Crippen molar-refractivity contribution in [2.45, 2.75) is 59.0 Å². The quantitative estimate of drug-likeness (QED) is 0.446. The van der Waals surface area contributed by atoms with Crippen molar-refractivity contribution in [3.63, 3.8) is 0 Å². The standard InChI is InChI=1S/C24H33F2NO/c1-4-5-6-15-27-17-23(24-18(2)10-7-11-19(24)3)28-16-9-12-20-21(25)13-8-14-22(20)26/h7-8,10-11,13-14,23,27H,4-6,9,12,15-17H2,1-3H3. The van der Waals surface area contributed by atoms with Gasteiger partial charge in [0.15, 0.2) is 0 Å². The first kappa shape index (κ1) is 22.5. The molecule has 0 saturated carbocycles. The molecule has 0 aromatic heterocycles. The summed E-state index contributed by atoms with van der Waals surface area (Å²) >= 11 is 0. The fraction of sp³-hybridized carbons (Fsp3) is 0.500. The predicted octanol–water partition coefficient (Wildman–Crippen LogP) is 6.05. The number of halogens is 2. The van der Waals surface area contributed by atoms with Crippen molar-refractivity contribution in [3.8, 4) is 0 Å². The molecule has 0 radical (unpaired) electrons. The largest absolute Gasteiger partial charge is 0.372 e. The minimum absolute atomic E-state index is 0.0618. The first-order valence-corrected chi connectivity index (χ1v) is 10.4. The van der Waals surface area contributed by atoms with Gasteiger partial charge in [0.05, 0.1) is 6.10 Å². The molecule has 0 aliphatic carbocycles. The first-order valence-electron chi connectivity index (χ1n) is 10.4. The maximum Gasteiger partial charge on any atom is 0.129 e. The average molecular weight is 390 g/mol. The van der Waals surface area contributed by atoms with Crippen LogP contribution in [-0.4, -0.2) is 19.7 Å². The first-order chi connectivity index (χ1) is 13.5. The van der Waals surface area contributed by atoms with E-state index < -0.39 is 11.6 Å². The van der Waals surface area contributed by atoms with Crippen LogP contribution in [0.2, 0.25) is 0 Å².